The number of hydrogen-bond acceptors (Lipinski definition) is 3. The monoisotopic (exact) mass is 428 g/mol. The molecule has 6 nitrogen and oxygen atoms in total. The minimum absolute atomic E-state index is 0.0228. The van der Waals surface area contributed by atoms with E-state index < -0.39 is 17.3 Å². The molecule has 0 saturated heterocycles. The molecule has 0 atom stereocenters. The van der Waals surface area contributed by atoms with Gasteiger partial charge < -0.3 is 20.7 Å². The van der Waals surface area contributed by atoms with Crippen molar-refractivity contribution in [2.75, 3.05) is 13.6 Å². The molecule has 0 radical (unpaired) electrons. The summed E-state index contributed by atoms with van der Waals surface area (Å²) in [6, 6.07) is 4.30. The molecule has 1 aliphatic carbocycles. The average Bonchev–Trinajstić information content (AvgIpc) is 3.43. The molecule has 0 bridgehead atoms. The normalized spacial score (nSPS) is 15.0. The Morgan fingerprint density at radius 3 is 2.47 bits per heavy atom. The quantitative estimate of drug-likeness (QED) is 0.336. The fourth-order valence-corrected chi connectivity index (χ4v) is 2.77. The maximum atomic E-state index is 13.5. The van der Waals surface area contributed by atoms with Crippen LogP contribution in [-0.2, 0) is 17.5 Å². The smallest absolute Gasteiger partial charge is 0.416 e. The van der Waals surface area contributed by atoms with Gasteiger partial charge in [0.25, 0.3) is 0 Å². The highest BCUT2D eigenvalue weighted by Gasteiger charge is 2.34. The second-order valence-electron chi connectivity index (χ2n) is 8.33. The third-order valence-corrected chi connectivity index (χ3v) is 4.30. The third kappa shape index (κ3) is 8.51. The molecule has 168 valence electrons. The number of rotatable bonds is 8. The highest BCUT2D eigenvalue weighted by Crippen LogP contribution is 2.35. The zero-order valence-electron chi connectivity index (χ0n) is 17.9. The van der Waals surface area contributed by atoms with Gasteiger partial charge in [0.1, 0.15) is 11.4 Å². The lowest BCUT2D eigenvalue weighted by molar-refractivity contribution is -0.138. The molecule has 1 aliphatic rings. The van der Waals surface area contributed by atoms with Gasteiger partial charge in [0, 0.05) is 32.6 Å². The van der Waals surface area contributed by atoms with E-state index in [4.69, 9.17) is 4.74 Å². The van der Waals surface area contributed by atoms with Crippen LogP contribution in [0.1, 0.15) is 57.6 Å². The summed E-state index contributed by atoms with van der Waals surface area (Å²) < 4.78 is 46.1. The van der Waals surface area contributed by atoms with E-state index in [1.54, 1.807) is 27.8 Å². The van der Waals surface area contributed by atoms with Gasteiger partial charge in [-0.05, 0) is 57.7 Å². The van der Waals surface area contributed by atoms with Gasteiger partial charge >= 0.3 is 6.18 Å². The Balaban J connectivity index is 1.89. The molecule has 2 rings (SSSR count). The average molecular weight is 428 g/mol. The summed E-state index contributed by atoms with van der Waals surface area (Å²) in [4.78, 5) is 15.7. The number of benzene rings is 1. The molecule has 1 aromatic rings. The van der Waals surface area contributed by atoms with Crippen molar-refractivity contribution < 1.29 is 22.7 Å². The Morgan fingerprint density at radius 1 is 1.20 bits per heavy atom. The molecule has 1 amide bonds. The van der Waals surface area contributed by atoms with Gasteiger partial charge in [-0.3, -0.25) is 9.79 Å². The molecule has 1 aromatic carbocycles. The number of ether oxygens (including phenoxy) is 1. The zero-order valence-corrected chi connectivity index (χ0v) is 17.9. The van der Waals surface area contributed by atoms with E-state index in [1.807, 2.05) is 0 Å². The SMILES string of the molecule is CN=C(NCCCC(=O)NC1CC1)NCc1ccc(OC(C)(C)C)cc1C(F)(F)F. The van der Waals surface area contributed by atoms with Gasteiger partial charge in [-0.2, -0.15) is 13.2 Å². The van der Waals surface area contributed by atoms with E-state index in [9.17, 15) is 18.0 Å². The summed E-state index contributed by atoms with van der Waals surface area (Å²) in [5.41, 5.74) is -1.25. The van der Waals surface area contributed by atoms with Gasteiger partial charge in [-0.1, -0.05) is 6.07 Å². The van der Waals surface area contributed by atoms with E-state index >= 15 is 0 Å². The van der Waals surface area contributed by atoms with Crippen LogP contribution in [0.4, 0.5) is 13.2 Å². The van der Waals surface area contributed by atoms with Crippen LogP contribution in [0.15, 0.2) is 23.2 Å². The Labute approximate surface area is 175 Å². The first-order valence-electron chi connectivity index (χ1n) is 10.1. The van der Waals surface area contributed by atoms with Crippen molar-refractivity contribution in [2.24, 2.45) is 4.99 Å². The minimum atomic E-state index is -4.50. The van der Waals surface area contributed by atoms with Crippen LogP contribution >= 0.6 is 0 Å². The number of hydrogen-bond donors (Lipinski definition) is 3. The Bertz CT molecular complexity index is 754. The first-order chi connectivity index (χ1) is 14.0. The van der Waals surface area contributed by atoms with Crippen LogP contribution in [-0.4, -0.2) is 37.1 Å². The van der Waals surface area contributed by atoms with Crippen LogP contribution in [0.3, 0.4) is 0 Å². The van der Waals surface area contributed by atoms with Crippen LogP contribution in [0, 0.1) is 0 Å². The Morgan fingerprint density at radius 2 is 1.90 bits per heavy atom. The van der Waals surface area contributed by atoms with Gasteiger partial charge in [0.15, 0.2) is 5.96 Å². The van der Waals surface area contributed by atoms with Crippen molar-refractivity contribution in [3.05, 3.63) is 29.3 Å². The predicted molar refractivity (Wildman–Crippen MR) is 110 cm³/mol. The van der Waals surface area contributed by atoms with E-state index in [0.717, 1.165) is 18.9 Å². The van der Waals surface area contributed by atoms with Crippen molar-refractivity contribution >= 4 is 11.9 Å². The van der Waals surface area contributed by atoms with E-state index in [1.165, 1.54) is 12.1 Å². The highest BCUT2D eigenvalue weighted by molar-refractivity contribution is 5.80. The lowest BCUT2D eigenvalue weighted by atomic mass is 10.1. The van der Waals surface area contributed by atoms with Gasteiger partial charge in [0.05, 0.1) is 5.56 Å². The predicted octanol–water partition coefficient (Wildman–Crippen LogP) is 3.61. The first kappa shape index (κ1) is 23.8. The maximum absolute atomic E-state index is 13.5. The number of carbonyl (C=O) groups excluding carboxylic acids is 1. The number of nitrogens with one attached hydrogen (secondary N) is 3. The van der Waals surface area contributed by atoms with E-state index in [0.29, 0.717) is 31.4 Å². The summed E-state index contributed by atoms with van der Waals surface area (Å²) in [5, 5.41) is 8.82. The number of guanidine groups is 1. The van der Waals surface area contributed by atoms with Gasteiger partial charge in [-0.25, -0.2) is 0 Å². The van der Waals surface area contributed by atoms with Crippen molar-refractivity contribution in [2.45, 2.75) is 70.8 Å². The summed E-state index contributed by atoms with van der Waals surface area (Å²) in [6.45, 7) is 5.78. The summed E-state index contributed by atoms with van der Waals surface area (Å²) in [6.07, 6.45) is -1.41. The number of aliphatic imine (C=N–C) groups is 1. The number of amides is 1. The topological polar surface area (TPSA) is 74.8 Å². The van der Waals surface area contributed by atoms with Crippen LogP contribution in [0.25, 0.3) is 0 Å². The molecule has 0 heterocycles. The Hall–Kier alpha value is -2.45. The molecular weight excluding hydrogens is 397 g/mol. The largest absolute Gasteiger partial charge is 0.488 e. The molecule has 0 spiro atoms. The van der Waals surface area contributed by atoms with Crippen molar-refractivity contribution in [1.29, 1.82) is 0 Å². The van der Waals surface area contributed by atoms with Crippen molar-refractivity contribution in [1.82, 2.24) is 16.0 Å². The van der Waals surface area contributed by atoms with Crippen molar-refractivity contribution in [3.8, 4) is 5.75 Å². The lowest BCUT2D eigenvalue weighted by Crippen LogP contribution is -2.38. The number of carbonyl (C=O) groups is 1. The number of nitrogens with zero attached hydrogens (tertiary/aromatic N) is 1. The number of alkyl halides is 3. The summed E-state index contributed by atoms with van der Waals surface area (Å²) in [5.74, 6) is 0.570. The highest BCUT2D eigenvalue weighted by atomic mass is 19.4. The molecule has 30 heavy (non-hydrogen) atoms. The summed E-state index contributed by atoms with van der Waals surface area (Å²) in [7, 11) is 1.54. The minimum Gasteiger partial charge on any atom is -0.488 e. The van der Waals surface area contributed by atoms with E-state index in [-0.39, 0.29) is 23.8 Å². The van der Waals surface area contributed by atoms with Gasteiger partial charge in [0.2, 0.25) is 5.91 Å². The van der Waals surface area contributed by atoms with Crippen LogP contribution in [0.5, 0.6) is 5.75 Å². The molecule has 3 N–H and O–H groups in total. The summed E-state index contributed by atoms with van der Waals surface area (Å²) >= 11 is 0. The second kappa shape index (κ2) is 10.0. The standard InChI is InChI=1S/C21H31F3N4O2/c1-20(2,3)30-16-10-7-14(17(12-16)21(22,23)24)13-27-19(25-4)26-11-5-6-18(29)28-15-8-9-15/h7,10,12,15H,5-6,8-9,11,13H2,1-4H3,(H,28,29)(H2,25,26,27). The molecule has 0 aliphatic heterocycles. The maximum Gasteiger partial charge on any atom is 0.416 e. The van der Waals surface area contributed by atoms with Crippen molar-refractivity contribution in [3.63, 3.8) is 0 Å². The second-order valence-corrected chi connectivity index (χ2v) is 8.33. The first-order valence-corrected chi connectivity index (χ1v) is 10.1. The molecule has 9 heteroatoms. The molecular formula is C21H31F3N4O2. The van der Waals surface area contributed by atoms with Crippen LogP contribution < -0.4 is 20.7 Å². The zero-order chi connectivity index (χ0) is 22.4. The van der Waals surface area contributed by atoms with Crippen LogP contribution in [0.2, 0.25) is 0 Å². The fraction of sp³-hybridized carbons (Fsp3) is 0.619. The van der Waals surface area contributed by atoms with E-state index in [2.05, 4.69) is 20.9 Å². The van der Waals surface area contributed by atoms with Gasteiger partial charge in [-0.15, -0.1) is 0 Å². The molecule has 1 saturated carbocycles. The molecule has 0 unspecified atom stereocenters. The fourth-order valence-electron chi connectivity index (χ4n) is 2.77. The lowest BCUT2D eigenvalue weighted by Gasteiger charge is -2.23. The Kier molecular flexibility index (Phi) is 7.97. The third-order valence-electron chi connectivity index (χ3n) is 4.30. The number of halogens is 3. The molecule has 1 fully saturated rings. The molecule has 0 aromatic heterocycles.